The number of nitriles is 1. The number of hydrogen-bond donors (Lipinski definition) is 1. The molecule has 0 unspecified atom stereocenters. The fraction of sp³-hybridized carbons (Fsp3) is 0.304. The number of nitrogens with zero attached hydrogens (tertiary/aromatic N) is 4. The van der Waals surface area contributed by atoms with E-state index in [1.807, 2.05) is 19.9 Å². The van der Waals surface area contributed by atoms with Gasteiger partial charge in [0.2, 0.25) is 15.9 Å². The molecule has 3 aromatic heterocycles. The van der Waals surface area contributed by atoms with Crippen LogP contribution in [0.25, 0.3) is 11.3 Å². The molecule has 4 rings (SSSR count). The zero-order valence-corrected chi connectivity index (χ0v) is 18.9. The Morgan fingerprint density at radius 2 is 1.94 bits per heavy atom. The maximum atomic E-state index is 11.9. The van der Waals surface area contributed by atoms with E-state index in [0.29, 0.717) is 28.5 Å². The van der Waals surface area contributed by atoms with Crippen molar-refractivity contribution in [2.24, 2.45) is 0 Å². The summed E-state index contributed by atoms with van der Waals surface area (Å²) in [5.41, 5.74) is 4.41. The van der Waals surface area contributed by atoms with Crippen LogP contribution in [0, 0.1) is 25.2 Å². The maximum Gasteiger partial charge on any atom is 0.244 e. The van der Waals surface area contributed by atoms with Crippen molar-refractivity contribution < 1.29 is 13.2 Å². The van der Waals surface area contributed by atoms with E-state index in [4.69, 9.17) is 15.0 Å². The first-order valence-corrected chi connectivity index (χ1v) is 12.1. The fourth-order valence-corrected chi connectivity index (χ4v) is 4.17. The summed E-state index contributed by atoms with van der Waals surface area (Å²) < 4.78 is 32.4. The van der Waals surface area contributed by atoms with Crippen molar-refractivity contribution in [3.05, 3.63) is 59.2 Å². The highest BCUT2D eigenvalue weighted by Gasteiger charge is 2.23. The van der Waals surface area contributed by atoms with Crippen LogP contribution in [0.4, 0.5) is 5.69 Å². The molecular weight excluding hydrogens is 426 g/mol. The SMILES string of the molecule is Cc1cc(C2CCC2)nc(C)c1Oc1nc(-c2cncc(C#N)c2)ccc1NS(C)(=O)=O. The molecule has 3 heterocycles. The first-order chi connectivity index (χ1) is 15.2. The number of nitrogens with one attached hydrogen (secondary N) is 1. The minimum Gasteiger partial charge on any atom is -0.435 e. The van der Waals surface area contributed by atoms with E-state index in [9.17, 15) is 8.42 Å². The number of aryl methyl sites for hydroxylation is 2. The van der Waals surface area contributed by atoms with Gasteiger partial charge in [-0.15, -0.1) is 0 Å². The Morgan fingerprint density at radius 3 is 2.56 bits per heavy atom. The minimum atomic E-state index is -3.56. The lowest BCUT2D eigenvalue weighted by atomic mass is 9.82. The van der Waals surface area contributed by atoms with Gasteiger partial charge in [0.1, 0.15) is 11.8 Å². The molecule has 1 N–H and O–H groups in total. The predicted octanol–water partition coefficient (Wildman–Crippen LogP) is 4.46. The van der Waals surface area contributed by atoms with Crippen molar-refractivity contribution in [2.45, 2.75) is 39.0 Å². The largest absolute Gasteiger partial charge is 0.435 e. The van der Waals surface area contributed by atoms with E-state index in [0.717, 1.165) is 36.0 Å². The lowest BCUT2D eigenvalue weighted by molar-refractivity contribution is 0.406. The number of anilines is 1. The van der Waals surface area contributed by atoms with Crippen molar-refractivity contribution in [2.75, 3.05) is 11.0 Å². The van der Waals surface area contributed by atoms with Crippen LogP contribution in [0.15, 0.2) is 36.7 Å². The van der Waals surface area contributed by atoms with Crippen LogP contribution in [0.5, 0.6) is 11.6 Å². The third-order valence-electron chi connectivity index (χ3n) is 5.39. The first-order valence-electron chi connectivity index (χ1n) is 10.2. The lowest BCUT2D eigenvalue weighted by Crippen LogP contribution is -2.13. The first kappa shape index (κ1) is 21.7. The molecule has 1 fully saturated rings. The highest BCUT2D eigenvalue weighted by Crippen LogP contribution is 2.39. The Hall–Kier alpha value is -3.51. The summed E-state index contributed by atoms with van der Waals surface area (Å²) in [5, 5.41) is 9.16. The summed E-state index contributed by atoms with van der Waals surface area (Å²) in [4.78, 5) is 13.3. The third kappa shape index (κ3) is 4.70. The van der Waals surface area contributed by atoms with Crippen LogP contribution < -0.4 is 9.46 Å². The topological polar surface area (TPSA) is 118 Å². The zero-order chi connectivity index (χ0) is 22.9. The number of ether oxygens (including phenoxy) is 1. The van der Waals surface area contributed by atoms with Crippen LogP contribution in [-0.4, -0.2) is 29.6 Å². The van der Waals surface area contributed by atoms with Crippen LogP contribution in [0.2, 0.25) is 0 Å². The Morgan fingerprint density at radius 1 is 1.16 bits per heavy atom. The summed E-state index contributed by atoms with van der Waals surface area (Å²) in [6.07, 6.45) is 7.63. The van der Waals surface area contributed by atoms with Gasteiger partial charge in [-0.1, -0.05) is 6.42 Å². The summed E-state index contributed by atoms with van der Waals surface area (Å²) in [7, 11) is -3.56. The molecular formula is C23H23N5O3S. The molecule has 0 saturated heterocycles. The van der Waals surface area contributed by atoms with Gasteiger partial charge in [-0.05, 0) is 56.5 Å². The molecule has 0 radical (unpaired) electrons. The molecule has 3 aromatic rings. The molecule has 0 atom stereocenters. The summed E-state index contributed by atoms with van der Waals surface area (Å²) in [6.45, 7) is 3.82. The molecule has 0 bridgehead atoms. The second-order valence-corrected chi connectivity index (χ2v) is 9.75. The molecule has 1 aliphatic rings. The standard InChI is InChI=1S/C23H23N5O3S/c1-14-9-21(17-5-4-6-17)26-15(2)22(14)31-23-20(28-32(3,29)30)8-7-19(27-23)18-10-16(11-24)12-25-13-18/h7-10,12-13,17,28H,4-6H2,1-3H3. The highest BCUT2D eigenvalue weighted by atomic mass is 32.2. The van der Waals surface area contributed by atoms with E-state index >= 15 is 0 Å². The summed E-state index contributed by atoms with van der Waals surface area (Å²) >= 11 is 0. The Labute approximate surface area is 187 Å². The Kier molecular flexibility index (Phi) is 5.80. The number of hydrogen-bond acceptors (Lipinski definition) is 7. The predicted molar refractivity (Wildman–Crippen MR) is 121 cm³/mol. The molecule has 8 nitrogen and oxygen atoms in total. The minimum absolute atomic E-state index is 0.0969. The van der Waals surface area contributed by atoms with Gasteiger partial charge in [-0.3, -0.25) is 14.7 Å². The number of sulfonamides is 1. The van der Waals surface area contributed by atoms with Crippen LogP contribution in [-0.2, 0) is 10.0 Å². The van der Waals surface area contributed by atoms with Crippen LogP contribution in [0.1, 0.15) is 47.7 Å². The van der Waals surface area contributed by atoms with Crippen molar-refractivity contribution in [3.8, 4) is 29.0 Å². The second kappa shape index (κ2) is 8.55. The highest BCUT2D eigenvalue weighted by molar-refractivity contribution is 7.92. The van der Waals surface area contributed by atoms with Crippen LogP contribution >= 0.6 is 0 Å². The molecule has 1 aliphatic carbocycles. The second-order valence-electron chi connectivity index (χ2n) is 8.01. The molecule has 164 valence electrons. The van der Waals surface area contributed by atoms with E-state index in [1.165, 1.54) is 12.6 Å². The smallest absolute Gasteiger partial charge is 0.244 e. The van der Waals surface area contributed by atoms with Gasteiger partial charge in [-0.2, -0.15) is 5.26 Å². The van der Waals surface area contributed by atoms with Crippen molar-refractivity contribution in [1.82, 2.24) is 15.0 Å². The van der Waals surface area contributed by atoms with E-state index < -0.39 is 10.0 Å². The molecule has 0 aromatic carbocycles. The van der Waals surface area contributed by atoms with Gasteiger partial charge in [0.15, 0.2) is 5.75 Å². The lowest BCUT2D eigenvalue weighted by Gasteiger charge is -2.26. The van der Waals surface area contributed by atoms with Crippen molar-refractivity contribution >= 4 is 15.7 Å². The van der Waals surface area contributed by atoms with Gasteiger partial charge in [0, 0.05) is 29.6 Å². The quantitative estimate of drug-likeness (QED) is 0.590. The average molecular weight is 450 g/mol. The molecule has 0 spiro atoms. The molecule has 0 aliphatic heterocycles. The Balaban J connectivity index is 1.76. The van der Waals surface area contributed by atoms with E-state index in [-0.39, 0.29) is 11.6 Å². The van der Waals surface area contributed by atoms with Gasteiger partial charge in [0.05, 0.1) is 23.2 Å². The monoisotopic (exact) mass is 449 g/mol. The average Bonchev–Trinajstić information content (AvgIpc) is 2.69. The van der Waals surface area contributed by atoms with Gasteiger partial charge >= 0.3 is 0 Å². The molecule has 32 heavy (non-hydrogen) atoms. The number of rotatable bonds is 6. The molecule has 9 heteroatoms. The number of pyridine rings is 3. The van der Waals surface area contributed by atoms with E-state index in [2.05, 4.69) is 20.8 Å². The Bertz CT molecular complexity index is 1300. The summed E-state index contributed by atoms with van der Waals surface area (Å²) in [5.74, 6) is 1.13. The van der Waals surface area contributed by atoms with Crippen molar-refractivity contribution in [3.63, 3.8) is 0 Å². The van der Waals surface area contributed by atoms with Crippen molar-refractivity contribution in [1.29, 1.82) is 5.26 Å². The maximum absolute atomic E-state index is 11.9. The van der Waals surface area contributed by atoms with Gasteiger partial charge in [-0.25, -0.2) is 13.4 Å². The third-order valence-corrected chi connectivity index (χ3v) is 5.98. The zero-order valence-electron chi connectivity index (χ0n) is 18.1. The normalized spacial score (nSPS) is 13.8. The fourth-order valence-electron chi connectivity index (χ4n) is 3.61. The van der Waals surface area contributed by atoms with E-state index in [1.54, 1.807) is 24.4 Å². The molecule has 1 saturated carbocycles. The van der Waals surface area contributed by atoms with Gasteiger partial charge < -0.3 is 4.74 Å². The van der Waals surface area contributed by atoms with Crippen LogP contribution in [0.3, 0.4) is 0 Å². The summed E-state index contributed by atoms with van der Waals surface area (Å²) in [6, 6.07) is 8.97. The van der Waals surface area contributed by atoms with Gasteiger partial charge in [0.25, 0.3) is 0 Å². The molecule has 0 amide bonds. The number of aromatic nitrogens is 3.